The van der Waals surface area contributed by atoms with Gasteiger partial charge in [0.05, 0.1) is 0 Å². The van der Waals surface area contributed by atoms with E-state index in [2.05, 4.69) is 5.32 Å². The van der Waals surface area contributed by atoms with Crippen molar-refractivity contribution in [1.82, 2.24) is 5.32 Å². The minimum Gasteiger partial charge on any atom is -0.480 e. The zero-order chi connectivity index (χ0) is 15.5. The van der Waals surface area contributed by atoms with Gasteiger partial charge in [-0.05, 0) is 11.6 Å². The van der Waals surface area contributed by atoms with Crippen LogP contribution in [0.25, 0.3) is 0 Å². The molecule has 1 heterocycles. The standard InChI is InChI=1S/C18H17NO3/c1-12(20)19-17-14-9-5-6-10-16(14)22-18(17)15(21)11-13-7-3-2-4-8-13/h2-10,17-18H,11H2,1H3,(H,19,20). The molecule has 0 bridgehead atoms. The molecule has 2 aromatic carbocycles. The summed E-state index contributed by atoms with van der Waals surface area (Å²) in [5.41, 5.74) is 1.79. The first-order valence-corrected chi connectivity index (χ1v) is 7.24. The van der Waals surface area contributed by atoms with E-state index in [0.29, 0.717) is 5.75 Å². The lowest BCUT2D eigenvalue weighted by molar-refractivity contribution is -0.126. The van der Waals surface area contributed by atoms with Crippen LogP contribution < -0.4 is 10.1 Å². The predicted molar refractivity (Wildman–Crippen MR) is 82.6 cm³/mol. The van der Waals surface area contributed by atoms with Gasteiger partial charge in [0.2, 0.25) is 5.91 Å². The molecule has 1 aliphatic rings. The second kappa shape index (κ2) is 6.02. The number of benzene rings is 2. The molecule has 2 unspecified atom stereocenters. The molecule has 2 aromatic rings. The van der Waals surface area contributed by atoms with E-state index in [1.807, 2.05) is 54.6 Å². The number of carbonyl (C=O) groups excluding carboxylic acids is 2. The normalized spacial score (nSPS) is 19.1. The average Bonchev–Trinajstić information content (AvgIpc) is 2.87. The summed E-state index contributed by atoms with van der Waals surface area (Å²) in [7, 11) is 0. The highest BCUT2D eigenvalue weighted by Gasteiger charge is 2.39. The SMILES string of the molecule is CC(=O)NC1c2ccccc2OC1C(=O)Cc1ccccc1. The molecule has 0 spiro atoms. The van der Waals surface area contributed by atoms with Gasteiger partial charge in [0.25, 0.3) is 0 Å². The van der Waals surface area contributed by atoms with E-state index in [9.17, 15) is 9.59 Å². The van der Waals surface area contributed by atoms with E-state index in [0.717, 1.165) is 11.1 Å². The van der Waals surface area contributed by atoms with Crippen LogP contribution in [0.4, 0.5) is 0 Å². The van der Waals surface area contributed by atoms with Gasteiger partial charge in [0.1, 0.15) is 11.8 Å². The highest BCUT2D eigenvalue weighted by atomic mass is 16.5. The predicted octanol–water partition coefficient (Wildman–Crippen LogP) is 2.44. The summed E-state index contributed by atoms with van der Waals surface area (Å²) < 4.78 is 5.79. The molecular formula is C18H17NO3. The monoisotopic (exact) mass is 295 g/mol. The smallest absolute Gasteiger partial charge is 0.217 e. The zero-order valence-electron chi connectivity index (χ0n) is 12.3. The lowest BCUT2D eigenvalue weighted by Crippen LogP contribution is -2.39. The second-order valence-corrected chi connectivity index (χ2v) is 5.38. The Labute approximate surface area is 129 Å². The minimum atomic E-state index is -0.679. The van der Waals surface area contributed by atoms with Crippen molar-refractivity contribution in [3.8, 4) is 5.75 Å². The number of Topliss-reactive ketones (excluding diaryl/α,β-unsaturated/α-hetero) is 1. The summed E-state index contributed by atoms with van der Waals surface area (Å²) in [6, 6.07) is 16.5. The van der Waals surface area contributed by atoms with Gasteiger partial charge in [0, 0.05) is 18.9 Å². The third-order valence-electron chi connectivity index (χ3n) is 3.71. The minimum absolute atomic E-state index is 0.0406. The van der Waals surface area contributed by atoms with E-state index in [1.54, 1.807) is 0 Å². The maximum Gasteiger partial charge on any atom is 0.217 e. The number of carbonyl (C=O) groups is 2. The Bertz CT molecular complexity index is 696. The number of ether oxygens (including phenoxy) is 1. The molecule has 22 heavy (non-hydrogen) atoms. The second-order valence-electron chi connectivity index (χ2n) is 5.38. The first-order valence-electron chi connectivity index (χ1n) is 7.24. The maximum atomic E-state index is 12.6. The number of rotatable bonds is 4. The molecule has 0 aromatic heterocycles. The number of hydrogen-bond donors (Lipinski definition) is 1. The van der Waals surface area contributed by atoms with Gasteiger partial charge in [-0.2, -0.15) is 0 Å². The molecule has 1 aliphatic heterocycles. The van der Waals surface area contributed by atoms with Crippen LogP contribution in [0.1, 0.15) is 24.1 Å². The average molecular weight is 295 g/mol. The summed E-state index contributed by atoms with van der Waals surface area (Å²) >= 11 is 0. The Balaban J connectivity index is 1.83. The van der Waals surface area contributed by atoms with Crippen molar-refractivity contribution in [2.24, 2.45) is 0 Å². The van der Waals surface area contributed by atoms with E-state index >= 15 is 0 Å². The molecular weight excluding hydrogens is 278 g/mol. The fraction of sp³-hybridized carbons (Fsp3) is 0.222. The zero-order valence-corrected chi connectivity index (χ0v) is 12.3. The van der Waals surface area contributed by atoms with Crippen LogP contribution in [0, 0.1) is 0 Å². The van der Waals surface area contributed by atoms with Gasteiger partial charge >= 0.3 is 0 Å². The van der Waals surface area contributed by atoms with Gasteiger partial charge in [0.15, 0.2) is 11.9 Å². The van der Waals surface area contributed by atoms with Crippen molar-refractivity contribution in [2.45, 2.75) is 25.5 Å². The van der Waals surface area contributed by atoms with E-state index in [1.165, 1.54) is 6.92 Å². The van der Waals surface area contributed by atoms with Crippen LogP contribution in [-0.4, -0.2) is 17.8 Å². The first kappa shape index (κ1) is 14.3. The van der Waals surface area contributed by atoms with Crippen molar-refractivity contribution in [2.75, 3.05) is 0 Å². The van der Waals surface area contributed by atoms with E-state index in [4.69, 9.17) is 4.74 Å². The quantitative estimate of drug-likeness (QED) is 0.942. The van der Waals surface area contributed by atoms with Gasteiger partial charge in [-0.1, -0.05) is 48.5 Å². The molecule has 2 atom stereocenters. The molecule has 112 valence electrons. The Morgan fingerprint density at radius 2 is 1.73 bits per heavy atom. The molecule has 1 amide bonds. The lowest BCUT2D eigenvalue weighted by atomic mass is 9.97. The fourth-order valence-corrected chi connectivity index (χ4v) is 2.73. The van der Waals surface area contributed by atoms with Gasteiger partial charge < -0.3 is 10.1 Å². The van der Waals surface area contributed by atoms with Crippen LogP contribution in [0.3, 0.4) is 0 Å². The van der Waals surface area contributed by atoms with E-state index in [-0.39, 0.29) is 18.1 Å². The number of nitrogens with one attached hydrogen (secondary N) is 1. The molecule has 0 aliphatic carbocycles. The molecule has 4 heteroatoms. The van der Waals surface area contributed by atoms with Crippen molar-refractivity contribution < 1.29 is 14.3 Å². The molecule has 0 saturated heterocycles. The highest BCUT2D eigenvalue weighted by molar-refractivity contribution is 5.88. The summed E-state index contributed by atoms with van der Waals surface area (Å²) in [4.78, 5) is 24.1. The lowest BCUT2D eigenvalue weighted by Gasteiger charge is -2.18. The summed E-state index contributed by atoms with van der Waals surface area (Å²) in [6.07, 6.45) is -0.392. The summed E-state index contributed by atoms with van der Waals surface area (Å²) in [6.45, 7) is 1.44. The Morgan fingerprint density at radius 3 is 2.45 bits per heavy atom. The number of hydrogen-bond acceptors (Lipinski definition) is 3. The van der Waals surface area contributed by atoms with Gasteiger partial charge in [-0.3, -0.25) is 9.59 Å². The summed E-state index contributed by atoms with van der Waals surface area (Å²) in [5, 5.41) is 2.83. The summed E-state index contributed by atoms with van der Waals surface area (Å²) in [5.74, 6) is 0.441. The first-order chi connectivity index (χ1) is 10.6. The third-order valence-corrected chi connectivity index (χ3v) is 3.71. The Morgan fingerprint density at radius 1 is 1.05 bits per heavy atom. The van der Waals surface area contributed by atoms with Crippen molar-refractivity contribution in [3.63, 3.8) is 0 Å². The Kier molecular flexibility index (Phi) is 3.92. The van der Waals surface area contributed by atoms with Crippen molar-refractivity contribution in [1.29, 1.82) is 0 Å². The van der Waals surface area contributed by atoms with E-state index < -0.39 is 12.1 Å². The van der Waals surface area contributed by atoms with Crippen LogP contribution >= 0.6 is 0 Å². The van der Waals surface area contributed by atoms with Crippen molar-refractivity contribution in [3.05, 3.63) is 65.7 Å². The molecule has 4 nitrogen and oxygen atoms in total. The Hall–Kier alpha value is -2.62. The van der Waals surface area contributed by atoms with Crippen LogP contribution in [0.5, 0.6) is 5.75 Å². The maximum absolute atomic E-state index is 12.6. The molecule has 1 N–H and O–H groups in total. The van der Waals surface area contributed by atoms with Gasteiger partial charge in [-0.25, -0.2) is 0 Å². The number of fused-ring (bicyclic) bond motifs is 1. The number of ketones is 1. The highest BCUT2D eigenvalue weighted by Crippen LogP contribution is 2.37. The molecule has 0 saturated carbocycles. The third kappa shape index (κ3) is 2.86. The topological polar surface area (TPSA) is 55.4 Å². The van der Waals surface area contributed by atoms with Crippen molar-refractivity contribution >= 4 is 11.7 Å². The van der Waals surface area contributed by atoms with Crippen LogP contribution in [0.2, 0.25) is 0 Å². The molecule has 0 fully saturated rings. The molecule has 3 rings (SSSR count). The molecule has 0 radical (unpaired) electrons. The number of amides is 1. The number of para-hydroxylation sites is 1. The van der Waals surface area contributed by atoms with Gasteiger partial charge in [-0.15, -0.1) is 0 Å². The largest absolute Gasteiger partial charge is 0.480 e. The van der Waals surface area contributed by atoms with Crippen LogP contribution in [0.15, 0.2) is 54.6 Å². The fourth-order valence-electron chi connectivity index (χ4n) is 2.73. The van der Waals surface area contributed by atoms with Crippen LogP contribution in [-0.2, 0) is 16.0 Å².